The highest BCUT2D eigenvalue weighted by molar-refractivity contribution is 6.38. The maximum Gasteiger partial charge on any atom is 0.221 e. The van der Waals surface area contributed by atoms with E-state index in [0.717, 1.165) is 30.0 Å². The van der Waals surface area contributed by atoms with Gasteiger partial charge in [0.1, 0.15) is 11.6 Å². The molecule has 0 radical (unpaired) electrons. The van der Waals surface area contributed by atoms with Gasteiger partial charge >= 0.3 is 0 Å². The van der Waals surface area contributed by atoms with E-state index in [-0.39, 0.29) is 11.9 Å². The topological polar surface area (TPSA) is 58.1 Å². The fourth-order valence-electron chi connectivity index (χ4n) is 3.00. The Kier molecular flexibility index (Phi) is 8.32. The number of hydrogen-bond donors (Lipinski definition) is 1. The van der Waals surface area contributed by atoms with E-state index in [1.165, 1.54) is 0 Å². The maximum absolute atomic E-state index is 12.3. The summed E-state index contributed by atoms with van der Waals surface area (Å²) in [5.41, 5.74) is 0.700. The lowest BCUT2D eigenvalue weighted by atomic mass is 10.1. The molecule has 0 unspecified atom stereocenters. The number of aryl methyl sites for hydroxylation is 1. The summed E-state index contributed by atoms with van der Waals surface area (Å²) < 4.78 is 0. The van der Waals surface area contributed by atoms with Crippen LogP contribution in [0, 0.1) is 5.92 Å². The van der Waals surface area contributed by atoms with Gasteiger partial charge in [-0.15, -0.1) is 0 Å². The molecule has 1 atom stereocenters. The minimum atomic E-state index is 0.0493. The van der Waals surface area contributed by atoms with Gasteiger partial charge < -0.3 is 10.2 Å². The fourth-order valence-corrected chi connectivity index (χ4v) is 3.53. The van der Waals surface area contributed by atoms with Crippen LogP contribution < -0.4 is 10.2 Å². The van der Waals surface area contributed by atoms with Gasteiger partial charge in [0.05, 0.1) is 10.5 Å². The van der Waals surface area contributed by atoms with Crippen LogP contribution >= 0.6 is 23.2 Å². The summed E-state index contributed by atoms with van der Waals surface area (Å²) >= 11 is 12.7. The zero-order valence-electron chi connectivity index (χ0n) is 17.4. The van der Waals surface area contributed by atoms with Gasteiger partial charge in [-0.3, -0.25) is 4.79 Å². The van der Waals surface area contributed by atoms with Gasteiger partial charge in [0, 0.05) is 42.4 Å². The van der Waals surface area contributed by atoms with Crippen LogP contribution in [0.25, 0.3) is 10.9 Å². The smallest absolute Gasteiger partial charge is 0.221 e. The Balaban J connectivity index is 2.42. The van der Waals surface area contributed by atoms with E-state index < -0.39 is 0 Å². The van der Waals surface area contributed by atoms with Gasteiger partial charge in [0.2, 0.25) is 5.91 Å². The number of benzene rings is 1. The summed E-state index contributed by atoms with van der Waals surface area (Å²) in [5.74, 6) is 1.97. The number of rotatable bonds is 9. The first kappa shape index (κ1) is 22.7. The molecule has 0 bridgehead atoms. The zero-order valence-corrected chi connectivity index (χ0v) is 18.9. The molecule has 154 valence electrons. The molecule has 1 amide bonds. The van der Waals surface area contributed by atoms with Crippen LogP contribution in [0.1, 0.15) is 53.3 Å². The number of carbonyl (C=O) groups is 1. The summed E-state index contributed by atoms with van der Waals surface area (Å²) in [4.78, 5) is 23.8. The summed E-state index contributed by atoms with van der Waals surface area (Å²) in [6.45, 7) is 11.7. The molecule has 28 heavy (non-hydrogen) atoms. The molecule has 2 rings (SSSR count). The van der Waals surface area contributed by atoms with E-state index in [9.17, 15) is 4.79 Å². The molecular formula is C21H30Cl2N4O. The highest BCUT2D eigenvalue weighted by atomic mass is 35.5. The Morgan fingerprint density at radius 3 is 2.50 bits per heavy atom. The number of fused-ring (bicyclic) bond motifs is 1. The summed E-state index contributed by atoms with van der Waals surface area (Å²) in [6.07, 6.45) is 2.01. The number of nitrogens with one attached hydrogen (secondary N) is 1. The predicted octanol–water partition coefficient (Wildman–Crippen LogP) is 5.27. The molecule has 1 N–H and O–H groups in total. The normalized spacial score (nSPS) is 12.4. The molecule has 0 spiro atoms. The first-order chi connectivity index (χ1) is 13.2. The van der Waals surface area contributed by atoms with E-state index in [1.54, 1.807) is 6.07 Å². The summed E-state index contributed by atoms with van der Waals surface area (Å²) in [5, 5.41) is 4.90. The van der Waals surface area contributed by atoms with Crippen molar-refractivity contribution in [1.82, 2.24) is 15.3 Å². The lowest BCUT2D eigenvalue weighted by molar-refractivity contribution is -0.121. The fraction of sp³-hybridized carbons (Fsp3) is 0.571. The van der Waals surface area contributed by atoms with Crippen molar-refractivity contribution in [1.29, 1.82) is 0 Å². The number of nitrogens with zero attached hydrogens (tertiary/aromatic N) is 3. The SMILES string of the molecule is CCc1nc(N(CCC(=O)N[C@@H](C)CC)CC(C)C)c2cc(Cl)cc(Cl)c2n1. The largest absolute Gasteiger partial charge is 0.355 e. The van der Waals surface area contributed by atoms with Gasteiger partial charge in [0.15, 0.2) is 0 Å². The third-order valence-corrected chi connectivity index (χ3v) is 5.08. The van der Waals surface area contributed by atoms with Gasteiger partial charge in [-0.25, -0.2) is 9.97 Å². The molecular weight excluding hydrogens is 395 g/mol. The maximum atomic E-state index is 12.3. The molecule has 0 aliphatic carbocycles. The van der Waals surface area contributed by atoms with Crippen LogP contribution in [0.15, 0.2) is 12.1 Å². The minimum absolute atomic E-state index is 0.0493. The summed E-state index contributed by atoms with van der Waals surface area (Å²) in [7, 11) is 0. The van der Waals surface area contributed by atoms with Gasteiger partial charge in [0.25, 0.3) is 0 Å². The van der Waals surface area contributed by atoms with Crippen molar-refractivity contribution in [2.24, 2.45) is 5.92 Å². The molecule has 0 aliphatic heterocycles. The highest BCUT2D eigenvalue weighted by Gasteiger charge is 2.19. The van der Waals surface area contributed by atoms with Crippen molar-refractivity contribution in [2.75, 3.05) is 18.0 Å². The Bertz CT molecular complexity index is 826. The van der Waals surface area contributed by atoms with Crippen LogP contribution in [0.3, 0.4) is 0 Å². The van der Waals surface area contributed by atoms with Crippen molar-refractivity contribution in [2.45, 2.75) is 59.9 Å². The van der Waals surface area contributed by atoms with E-state index in [1.807, 2.05) is 19.9 Å². The molecule has 7 heteroatoms. The second-order valence-electron chi connectivity index (χ2n) is 7.57. The second kappa shape index (κ2) is 10.3. The number of aromatic nitrogens is 2. The van der Waals surface area contributed by atoms with Crippen LogP contribution in [0.4, 0.5) is 5.82 Å². The molecule has 1 aromatic carbocycles. The zero-order chi connectivity index (χ0) is 20.8. The van der Waals surface area contributed by atoms with Crippen molar-refractivity contribution in [3.63, 3.8) is 0 Å². The number of hydrogen-bond acceptors (Lipinski definition) is 4. The molecule has 0 saturated heterocycles. The molecule has 5 nitrogen and oxygen atoms in total. The van der Waals surface area contributed by atoms with Gasteiger partial charge in [-0.2, -0.15) is 0 Å². The molecule has 0 saturated carbocycles. The number of halogens is 2. The quantitative estimate of drug-likeness (QED) is 0.595. The Hall–Kier alpha value is -1.59. The first-order valence-electron chi connectivity index (χ1n) is 9.95. The van der Waals surface area contributed by atoms with E-state index in [2.05, 4.69) is 36.0 Å². The Morgan fingerprint density at radius 2 is 1.89 bits per heavy atom. The van der Waals surface area contributed by atoms with Crippen LogP contribution in [0.5, 0.6) is 0 Å². The molecule has 1 aromatic heterocycles. The molecule has 0 fully saturated rings. The average Bonchev–Trinajstić information content (AvgIpc) is 2.64. The standard InChI is InChI=1S/C21H30Cl2N4O/c1-6-14(5)24-19(28)8-9-27(12-13(3)4)21-16-10-15(22)11-17(23)20(16)25-18(7-2)26-21/h10-11,13-14H,6-9,12H2,1-5H3,(H,24,28)/t14-/m0/s1. The number of anilines is 1. The van der Waals surface area contributed by atoms with Crippen LogP contribution in [-0.4, -0.2) is 35.0 Å². The third-order valence-electron chi connectivity index (χ3n) is 4.57. The number of amides is 1. The Labute approximate surface area is 177 Å². The monoisotopic (exact) mass is 424 g/mol. The lowest BCUT2D eigenvalue weighted by Crippen LogP contribution is -2.37. The van der Waals surface area contributed by atoms with Crippen molar-refractivity contribution >= 4 is 45.8 Å². The van der Waals surface area contributed by atoms with Crippen molar-refractivity contribution in [3.8, 4) is 0 Å². The first-order valence-corrected chi connectivity index (χ1v) is 10.7. The van der Waals surface area contributed by atoms with Crippen LogP contribution in [0.2, 0.25) is 10.0 Å². The van der Waals surface area contributed by atoms with Crippen molar-refractivity contribution < 1.29 is 4.79 Å². The molecule has 0 aliphatic rings. The summed E-state index contributed by atoms with van der Waals surface area (Å²) in [6, 6.07) is 3.73. The minimum Gasteiger partial charge on any atom is -0.355 e. The molecule has 1 heterocycles. The lowest BCUT2D eigenvalue weighted by Gasteiger charge is -2.27. The van der Waals surface area contributed by atoms with Crippen LogP contribution in [-0.2, 0) is 11.2 Å². The second-order valence-corrected chi connectivity index (χ2v) is 8.41. The average molecular weight is 425 g/mol. The number of carbonyl (C=O) groups excluding carboxylic acids is 1. The predicted molar refractivity (Wildman–Crippen MR) is 118 cm³/mol. The van der Waals surface area contributed by atoms with Crippen molar-refractivity contribution in [3.05, 3.63) is 28.0 Å². The Morgan fingerprint density at radius 1 is 1.18 bits per heavy atom. The molecule has 2 aromatic rings. The van der Waals surface area contributed by atoms with E-state index >= 15 is 0 Å². The van der Waals surface area contributed by atoms with E-state index in [4.69, 9.17) is 28.2 Å². The highest BCUT2D eigenvalue weighted by Crippen LogP contribution is 2.32. The van der Waals surface area contributed by atoms with Gasteiger partial charge in [-0.05, 0) is 31.4 Å². The third kappa shape index (κ3) is 5.95. The van der Waals surface area contributed by atoms with Gasteiger partial charge in [-0.1, -0.05) is 50.9 Å². The van der Waals surface area contributed by atoms with E-state index in [0.29, 0.717) is 40.9 Å².